The number of ether oxygens (including phenoxy) is 1. The second-order valence-corrected chi connectivity index (χ2v) is 4.61. The second-order valence-electron chi connectivity index (χ2n) is 2.86. The Labute approximate surface area is 92.3 Å². The Morgan fingerprint density at radius 3 is 2.38 bits per heavy atom. The maximum atomic E-state index is 11.2. The smallest absolute Gasteiger partial charge is 0.322 e. The molecule has 0 bridgehead atoms. The summed E-state index contributed by atoms with van der Waals surface area (Å²) in [7, 11) is -3.06. The first-order valence-electron chi connectivity index (χ1n) is 4.23. The van der Waals surface area contributed by atoms with Crippen molar-refractivity contribution < 1.29 is 33.0 Å². The first-order valence-corrected chi connectivity index (χ1v) is 5.88. The van der Waals surface area contributed by atoms with Crippen LogP contribution in [0.1, 0.15) is 6.42 Å². The molecule has 0 saturated heterocycles. The fourth-order valence-electron chi connectivity index (χ4n) is 0.834. The SMILES string of the molecule is COC(=O)CS(=O)(=O)NC(CCO)C(=O)O. The third-order valence-corrected chi connectivity index (χ3v) is 2.83. The van der Waals surface area contributed by atoms with Crippen LogP contribution in [0.4, 0.5) is 0 Å². The van der Waals surface area contributed by atoms with Gasteiger partial charge in [0.2, 0.25) is 10.0 Å². The normalized spacial score (nSPS) is 13.1. The summed E-state index contributed by atoms with van der Waals surface area (Å²) in [6.45, 7) is -0.488. The molecule has 3 N–H and O–H groups in total. The quantitative estimate of drug-likeness (QED) is 0.445. The Balaban J connectivity index is 4.54. The number of carbonyl (C=O) groups is 2. The van der Waals surface area contributed by atoms with E-state index in [2.05, 4.69) is 4.74 Å². The number of esters is 1. The number of hydrogen-bond donors (Lipinski definition) is 3. The van der Waals surface area contributed by atoms with Gasteiger partial charge in [-0.25, -0.2) is 13.1 Å². The van der Waals surface area contributed by atoms with Crippen molar-refractivity contribution in [3.8, 4) is 0 Å². The van der Waals surface area contributed by atoms with Crippen LogP contribution in [0.3, 0.4) is 0 Å². The van der Waals surface area contributed by atoms with E-state index in [1.54, 1.807) is 4.72 Å². The van der Waals surface area contributed by atoms with Gasteiger partial charge in [0.05, 0.1) is 7.11 Å². The molecule has 0 aromatic carbocycles. The van der Waals surface area contributed by atoms with E-state index in [-0.39, 0.29) is 6.42 Å². The molecule has 1 unspecified atom stereocenters. The average Bonchev–Trinajstić information content (AvgIpc) is 2.15. The van der Waals surface area contributed by atoms with Crippen LogP contribution in [0.15, 0.2) is 0 Å². The number of rotatable bonds is 7. The monoisotopic (exact) mass is 255 g/mol. The van der Waals surface area contributed by atoms with Crippen LogP contribution in [0.5, 0.6) is 0 Å². The van der Waals surface area contributed by atoms with Gasteiger partial charge < -0.3 is 14.9 Å². The Bertz CT molecular complexity index is 350. The molecule has 16 heavy (non-hydrogen) atoms. The maximum absolute atomic E-state index is 11.2. The minimum atomic E-state index is -4.08. The van der Waals surface area contributed by atoms with Crippen LogP contribution < -0.4 is 4.72 Å². The minimum Gasteiger partial charge on any atom is -0.480 e. The summed E-state index contributed by atoms with van der Waals surface area (Å²) in [4.78, 5) is 21.3. The fraction of sp³-hybridized carbons (Fsp3) is 0.714. The first kappa shape index (κ1) is 14.8. The van der Waals surface area contributed by atoms with E-state index in [9.17, 15) is 18.0 Å². The number of aliphatic hydroxyl groups is 1. The van der Waals surface area contributed by atoms with E-state index in [1.807, 2.05) is 0 Å². The molecule has 0 radical (unpaired) electrons. The summed E-state index contributed by atoms with van der Waals surface area (Å²) in [5.41, 5.74) is 0. The molecular formula is C7H13NO7S. The second kappa shape index (κ2) is 6.40. The highest BCUT2D eigenvalue weighted by atomic mass is 32.2. The maximum Gasteiger partial charge on any atom is 0.322 e. The number of methoxy groups -OCH3 is 1. The highest BCUT2D eigenvalue weighted by Gasteiger charge is 2.25. The number of hydrogen-bond acceptors (Lipinski definition) is 6. The van der Waals surface area contributed by atoms with Gasteiger partial charge >= 0.3 is 11.9 Å². The van der Waals surface area contributed by atoms with Crippen molar-refractivity contribution in [2.75, 3.05) is 19.5 Å². The molecule has 1 atom stereocenters. The largest absolute Gasteiger partial charge is 0.480 e. The molecule has 9 heteroatoms. The average molecular weight is 255 g/mol. The molecule has 0 amide bonds. The van der Waals surface area contributed by atoms with E-state index in [1.165, 1.54) is 0 Å². The van der Waals surface area contributed by atoms with Crippen LogP contribution in [-0.2, 0) is 24.3 Å². The van der Waals surface area contributed by atoms with Gasteiger partial charge in [-0.05, 0) is 6.42 Å². The van der Waals surface area contributed by atoms with Gasteiger partial charge in [0, 0.05) is 6.61 Å². The van der Waals surface area contributed by atoms with Crippen LogP contribution in [0, 0.1) is 0 Å². The van der Waals surface area contributed by atoms with E-state index in [4.69, 9.17) is 10.2 Å². The Morgan fingerprint density at radius 2 is 2.00 bits per heavy atom. The molecular weight excluding hydrogens is 242 g/mol. The van der Waals surface area contributed by atoms with Gasteiger partial charge in [-0.1, -0.05) is 0 Å². The molecule has 0 rings (SSSR count). The van der Waals surface area contributed by atoms with E-state index in [0.29, 0.717) is 0 Å². The summed E-state index contributed by atoms with van der Waals surface area (Å²) < 4.78 is 28.4. The summed E-state index contributed by atoms with van der Waals surface area (Å²) in [6, 6.07) is -1.46. The first-order chi connectivity index (χ1) is 7.32. The molecule has 94 valence electrons. The lowest BCUT2D eigenvalue weighted by atomic mass is 10.2. The predicted octanol–water partition coefficient (Wildman–Crippen LogP) is -2.09. The molecule has 0 aliphatic rings. The zero-order chi connectivity index (χ0) is 12.8. The number of sulfonamides is 1. The number of aliphatic carboxylic acids is 1. The minimum absolute atomic E-state index is 0.282. The Morgan fingerprint density at radius 1 is 1.44 bits per heavy atom. The molecule has 8 nitrogen and oxygen atoms in total. The number of carboxylic acid groups (broad SMARTS) is 1. The molecule has 0 heterocycles. The van der Waals surface area contributed by atoms with Crippen LogP contribution >= 0.6 is 0 Å². The van der Waals surface area contributed by atoms with E-state index >= 15 is 0 Å². The van der Waals surface area contributed by atoms with E-state index < -0.39 is 40.4 Å². The molecule has 0 aliphatic carbocycles. The standard InChI is InChI=1S/C7H13NO7S/c1-15-6(10)4-16(13,14)8-5(2-3-9)7(11)12/h5,8-9H,2-4H2,1H3,(H,11,12). The molecule has 0 aliphatic heterocycles. The summed E-state index contributed by atoms with van der Waals surface area (Å²) in [5, 5.41) is 17.1. The lowest BCUT2D eigenvalue weighted by Gasteiger charge is -2.12. The van der Waals surface area contributed by atoms with Crippen LogP contribution in [0.25, 0.3) is 0 Å². The molecule has 0 saturated carbocycles. The number of aliphatic hydroxyl groups excluding tert-OH is 1. The Hall–Kier alpha value is -1.19. The van der Waals surface area contributed by atoms with Crippen molar-refractivity contribution in [1.82, 2.24) is 4.72 Å². The van der Waals surface area contributed by atoms with Crippen molar-refractivity contribution in [2.24, 2.45) is 0 Å². The highest BCUT2D eigenvalue weighted by molar-refractivity contribution is 7.90. The third kappa shape index (κ3) is 5.63. The van der Waals surface area contributed by atoms with Gasteiger partial charge in [0.25, 0.3) is 0 Å². The molecule has 0 fully saturated rings. The molecule has 0 aromatic rings. The van der Waals surface area contributed by atoms with Gasteiger partial charge in [-0.2, -0.15) is 0 Å². The highest BCUT2D eigenvalue weighted by Crippen LogP contribution is 1.96. The molecule has 0 aromatic heterocycles. The van der Waals surface area contributed by atoms with Crippen molar-refractivity contribution in [3.63, 3.8) is 0 Å². The number of carbonyl (C=O) groups excluding carboxylic acids is 1. The lowest BCUT2D eigenvalue weighted by Crippen LogP contribution is -2.43. The third-order valence-electron chi connectivity index (χ3n) is 1.57. The zero-order valence-electron chi connectivity index (χ0n) is 8.54. The van der Waals surface area contributed by atoms with Crippen molar-refractivity contribution >= 4 is 22.0 Å². The van der Waals surface area contributed by atoms with Gasteiger partial charge in [0.15, 0.2) is 5.75 Å². The van der Waals surface area contributed by atoms with Crippen LogP contribution in [0.2, 0.25) is 0 Å². The number of carboxylic acids is 1. The Kier molecular flexibility index (Phi) is 5.93. The summed E-state index contributed by atoms with van der Waals surface area (Å²) in [6.07, 6.45) is -0.282. The zero-order valence-corrected chi connectivity index (χ0v) is 9.36. The van der Waals surface area contributed by atoms with Gasteiger partial charge in [0.1, 0.15) is 6.04 Å². The van der Waals surface area contributed by atoms with Gasteiger partial charge in [-0.15, -0.1) is 0 Å². The van der Waals surface area contributed by atoms with Crippen molar-refractivity contribution in [1.29, 1.82) is 0 Å². The van der Waals surface area contributed by atoms with Crippen LogP contribution in [-0.4, -0.2) is 56.1 Å². The van der Waals surface area contributed by atoms with Crippen molar-refractivity contribution in [3.05, 3.63) is 0 Å². The number of nitrogens with one attached hydrogen (secondary N) is 1. The predicted molar refractivity (Wildman–Crippen MR) is 52.1 cm³/mol. The summed E-state index contributed by atoms with van der Waals surface area (Å²) >= 11 is 0. The topological polar surface area (TPSA) is 130 Å². The van der Waals surface area contributed by atoms with Crippen molar-refractivity contribution in [2.45, 2.75) is 12.5 Å². The van der Waals surface area contributed by atoms with E-state index in [0.717, 1.165) is 7.11 Å². The summed E-state index contributed by atoms with van der Waals surface area (Å²) in [5.74, 6) is -3.39. The van der Waals surface area contributed by atoms with Gasteiger partial charge in [-0.3, -0.25) is 9.59 Å². The lowest BCUT2D eigenvalue weighted by molar-refractivity contribution is -0.140. The molecule has 0 spiro atoms. The fourth-order valence-corrected chi connectivity index (χ4v) is 2.00.